The third kappa shape index (κ3) is 5.87. The summed E-state index contributed by atoms with van der Waals surface area (Å²) in [7, 11) is 0. The van der Waals surface area contributed by atoms with Crippen LogP contribution in [-0.2, 0) is 14.3 Å². The molecule has 47 heavy (non-hydrogen) atoms. The number of allylic oxidation sites excluding steroid dienone is 2. The number of aliphatic hydroxyl groups is 6. The van der Waals surface area contributed by atoms with Gasteiger partial charge >= 0.3 is 11.9 Å². The summed E-state index contributed by atoms with van der Waals surface area (Å²) in [5.41, 5.74) is -1.04. The quantitative estimate of drug-likeness (QED) is 0.116. The first kappa shape index (κ1) is 36.3. The van der Waals surface area contributed by atoms with Gasteiger partial charge in [-0.3, -0.25) is 9.59 Å². The highest BCUT2D eigenvalue weighted by atomic mass is 16.5. The van der Waals surface area contributed by atoms with Crippen LogP contribution in [0.25, 0.3) is 0 Å². The Morgan fingerprint density at radius 2 is 1.60 bits per heavy atom. The normalized spacial score (nSPS) is 43.6. The molecule has 4 fully saturated rings. The fourth-order valence-corrected chi connectivity index (χ4v) is 11.8. The van der Waals surface area contributed by atoms with E-state index in [-0.39, 0.29) is 53.7 Å². The zero-order chi connectivity index (χ0) is 34.5. The van der Waals surface area contributed by atoms with Crippen molar-refractivity contribution in [2.75, 3.05) is 19.8 Å². The summed E-state index contributed by atoms with van der Waals surface area (Å²) in [5, 5.41) is 72.1. The van der Waals surface area contributed by atoms with E-state index >= 15 is 0 Å². The molecule has 0 heterocycles. The van der Waals surface area contributed by atoms with Crippen LogP contribution in [0.1, 0.15) is 91.9 Å². The van der Waals surface area contributed by atoms with Gasteiger partial charge in [-0.2, -0.15) is 0 Å². The van der Waals surface area contributed by atoms with Crippen molar-refractivity contribution in [2.45, 2.75) is 116 Å². The maximum absolute atomic E-state index is 13.7. The van der Waals surface area contributed by atoms with E-state index in [1.807, 2.05) is 0 Å². The molecule has 0 aromatic carbocycles. The largest absolute Gasteiger partial charge is 0.481 e. The molecule has 4 saturated carbocycles. The third-order valence-electron chi connectivity index (χ3n) is 14.2. The molecule has 10 nitrogen and oxygen atoms in total. The monoisotopic (exact) mass is 660 g/mol. The third-order valence-corrected chi connectivity index (χ3v) is 14.2. The zero-order valence-electron chi connectivity index (χ0n) is 28.4. The van der Waals surface area contributed by atoms with Crippen molar-refractivity contribution in [1.29, 1.82) is 0 Å². The lowest BCUT2D eigenvalue weighted by atomic mass is 9.37. The molecule has 5 rings (SSSR count). The fourth-order valence-electron chi connectivity index (χ4n) is 11.8. The molecule has 0 saturated heterocycles. The van der Waals surface area contributed by atoms with Crippen LogP contribution < -0.4 is 0 Å². The lowest BCUT2D eigenvalue weighted by molar-refractivity contribution is -0.228. The Bertz CT molecular complexity index is 1280. The summed E-state index contributed by atoms with van der Waals surface area (Å²) in [5.74, 6) is 2.22. The molecule has 7 N–H and O–H groups in total. The minimum atomic E-state index is -1.87. The molecule has 10 heteroatoms. The summed E-state index contributed by atoms with van der Waals surface area (Å²) in [6, 6.07) is 0. The van der Waals surface area contributed by atoms with Gasteiger partial charge in [-0.15, -0.1) is 0 Å². The van der Waals surface area contributed by atoms with Gasteiger partial charge in [-0.1, -0.05) is 44.3 Å². The Labute approximate surface area is 278 Å². The molecule has 264 valence electrons. The highest BCUT2D eigenvalue weighted by Gasteiger charge is 2.67. The van der Waals surface area contributed by atoms with E-state index in [2.05, 4.69) is 38.7 Å². The first-order valence-electron chi connectivity index (χ1n) is 17.6. The number of rotatable bonds is 8. The SMILES string of the molecule is CC1CCC2(C(=O)OCC#CCO)CCC3C(=CCC4C3(C)CCC3C4(C)CCC(C(C(=O)O)C(O)C(O)C(O)CO)[C@@]3(C)O)C2C1. The van der Waals surface area contributed by atoms with Crippen LogP contribution >= 0.6 is 0 Å². The van der Waals surface area contributed by atoms with E-state index in [1.54, 1.807) is 6.92 Å². The van der Waals surface area contributed by atoms with Gasteiger partial charge in [0.05, 0.1) is 29.6 Å². The molecule has 14 atom stereocenters. The second kappa shape index (κ2) is 13.4. The number of ether oxygens (including phenoxy) is 1. The summed E-state index contributed by atoms with van der Waals surface area (Å²) in [6.07, 6.45) is 4.59. The summed E-state index contributed by atoms with van der Waals surface area (Å²) >= 11 is 0. The highest BCUT2D eigenvalue weighted by molar-refractivity contribution is 5.78. The number of aliphatic carboxylic acids is 1. The van der Waals surface area contributed by atoms with E-state index in [0.717, 1.165) is 44.9 Å². The Balaban J connectivity index is 1.44. The summed E-state index contributed by atoms with van der Waals surface area (Å²) < 4.78 is 5.72. The molecular formula is C37H56O10. The Morgan fingerprint density at radius 1 is 0.915 bits per heavy atom. The van der Waals surface area contributed by atoms with Crippen LogP contribution in [0.3, 0.4) is 0 Å². The van der Waals surface area contributed by atoms with E-state index in [0.29, 0.717) is 25.2 Å². The van der Waals surface area contributed by atoms with Crippen LogP contribution in [0.2, 0.25) is 0 Å². The number of aliphatic hydroxyl groups excluding tert-OH is 5. The summed E-state index contributed by atoms with van der Waals surface area (Å²) in [6.45, 7) is 7.44. The topological polar surface area (TPSA) is 185 Å². The number of hydrogen-bond donors (Lipinski definition) is 7. The lowest BCUT2D eigenvalue weighted by Crippen LogP contribution is -2.66. The first-order chi connectivity index (χ1) is 22.1. The average molecular weight is 661 g/mol. The molecule has 0 radical (unpaired) electrons. The minimum absolute atomic E-state index is 0.0207. The molecule has 0 amide bonds. The number of esters is 1. The minimum Gasteiger partial charge on any atom is -0.481 e. The van der Waals surface area contributed by atoms with Crippen molar-refractivity contribution in [3.05, 3.63) is 11.6 Å². The predicted octanol–water partition coefficient (Wildman–Crippen LogP) is 2.66. The van der Waals surface area contributed by atoms with Crippen molar-refractivity contribution >= 4 is 11.9 Å². The van der Waals surface area contributed by atoms with Crippen LogP contribution in [-0.4, -0.2) is 91.4 Å². The smallest absolute Gasteiger partial charge is 0.313 e. The Hall–Kier alpha value is -2.00. The zero-order valence-corrected chi connectivity index (χ0v) is 28.4. The van der Waals surface area contributed by atoms with E-state index in [9.17, 15) is 40.2 Å². The van der Waals surface area contributed by atoms with Crippen molar-refractivity contribution < 1.29 is 50.1 Å². The van der Waals surface area contributed by atoms with E-state index < -0.39 is 53.7 Å². The summed E-state index contributed by atoms with van der Waals surface area (Å²) in [4.78, 5) is 26.3. The number of carboxylic acids is 1. The molecule has 5 aliphatic carbocycles. The van der Waals surface area contributed by atoms with Gasteiger partial charge in [0.1, 0.15) is 18.8 Å². The molecule has 0 aromatic rings. The highest BCUT2D eigenvalue weighted by Crippen LogP contribution is 2.71. The van der Waals surface area contributed by atoms with Crippen molar-refractivity contribution in [3.8, 4) is 11.8 Å². The van der Waals surface area contributed by atoms with Gasteiger partial charge in [-0.05, 0) is 112 Å². The molecule has 5 aliphatic rings. The van der Waals surface area contributed by atoms with Crippen LogP contribution in [0, 0.1) is 69.5 Å². The molecule has 0 bridgehead atoms. The molecule has 0 aromatic heterocycles. The average Bonchev–Trinajstić information content (AvgIpc) is 3.02. The van der Waals surface area contributed by atoms with Gasteiger partial charge in [0, 0.05) is 5.92 Å². The number of fused-ring (bicyclic) bond motifs is 7. The standard InChI is InChI=1S/C37H56O10/c1-21-9-15-37(33(45)47-18-6-5-17-38)16-11-23-22(25(37)19-21)7-8-27-34(23,2)14-12-28-35(27,3)13-10-24(36(28,4)46)29(32(43)44)31(42)30(41)26(40)20-39/h7,21,23-31,38-42,46H,8-20H2,1-4H3,(H,43,44)/t21?,23?,24?,25?,26?,27?,28?,29?,30?,31?,34?,35?,36-,37?/m1/s1. The van der Waals surface area contributed by atoms with Gasteiger partial charge in [0.25, 0.3) is 0 Å². The number of hydrogen-bond acceptors (Lipinski definition) is 9. The molecule has 0 aliphatic heterocycles. The maximum atomic E-state index is 13.7. The molecular weight excluding hydrogens is 604 g/mol. The Kier molecular flexibility index (Phi) is 10.3. The van der Waals surface area contributed by atoms with Crippen molar-refractivity contribution in [3.63, 3.8) is 0 Å². The van der Waals surface area contributed by atoms with Crippen molar-refractivity contribution in [2.24, 2.45) is 57.7 Å². The van der Waals surface area contributed by atoms with Gasteiger partial charge in [0.2, 0.25) is 0 Å². The number of carbonyl (C=O) groups excluding carboxylic acids is 1. The predicted molar refractivity (Wildman–Crippen MR) is 172 cm³/mol. The molecule has 0 spiro atoms. The van der Waals surface area contributed by atoms with Gasteiger partial charge < -0.3 is 40.5 Å². The first-order valence-corrected chi connectivity index (χ1v) is 17.6. The van der Waals surface area contributed by atoms with Crippen LogP contribution in [0.5, 0.6) is 0 Å². The number of carbonyl (C=O) groups is 2. The van der Waals surface area contributed by atoms with E-state index in [1.165, 1.54) is 5.57 Å². The Morgan fingerprint density at radius 3 is 2.26 bits per heavy atom. The van der Waals surface area contributed by atoms with Gasteiger partial charge in [-0.25, -0.2) is 0 Å². The van der Waals surface area contributed by atoms with Crippen molar-refractivity contribution in [1.82, 2.24) is 0 Å². The second-order valence-corrected chi connectivity index (χ2v) is 16.3. The van der Waals surface area contributed by atoms with Crippen LogP contribution in [0.4, 0.5) is 0 Å². The lowest BCUT2D eigenvalue weighted by Gasteiger charge is -2.68. The van der Waals surface area contributed by atoms with Crippen LogP contribution in [0.15, 0.2) is 11.6 Å². The number of carboxylic acid groups (broad SMARTS) is 1. The second-order valence-electron chi connectivity index (χ2n) is 16.3. The fraction of sp³-hybridized carbons (Fsp3) is 0.838. The van der Waals surface area contributed by atoms with Gasteiger partial charge in [0.15, 0.2) is 6.61 Å². The molecule has 13 unspecified atom stereocenters. The van der Waals surface area contributed by atoms with E-state index in [4.69, 9.17) is 9.84 Å². The maximum Gasteiger partial charge on any atom is 0.313 e.